The van der Waals surface area contributed by atoms with Gasteiger partial charge < -0.3 is 5.11 Å². The van der Waals surface area contributed by atoms with Crippen molar-refractivity contribution < 1.29 is 27.1 Å². The Kier molecular flexibility index (Phi) is 3.53. The first-order valence-electron chi connectivity index (χ1n) is 2.79. The lowest BCUT2D eigenvalue weighted by atomic mass is 10.4. The van der Waals surface area contributed by atoms with Gasteiger partial charge in [-0.15, -0.1) is 0 Å². The van der Waals surface area contributed by atoms with E-state index in [2.05, 4.69) is 0 Å². The van der Waals surface area contributed by atoms with Gasteiger partial charge in [-0.3, -0.25) is 4.79 Å². The van der Waals surface area contributed by atoms with Gasteiger partial charge in [-0.05, 0) is 6.92 Å². The summed E-state index contributed by atoms with van der Waals surface area (Å²) in [6.45, 7) is 0.947. The van der Waals surface area contributed by atoms with Crippen molar-refractivity contribution >= 4 is 16.0 Å². The molecule has 0 aromatic heterocycles. The summed E-state index contributed by atoms with van der Waals surface area (Å²) in [5, 5.41) is 8.16. The molecule has 12 heavy (non-hydrogen) atoms. The molecular formula is C4H7F2NO4S. The molecule has 0 saturated heterocycles. The number of carboxylic acids is 1. The normalized spacial score (nSPS) is 14.7. The molecule has 5 nitrogen and oxygen atoms in total. The fourth-order valence-electron chi connectivity index (χ4n) is 0.348. The molecule has 0 fully saturated rings. The molecule has 0 rings (SSSR count). The molecule has 0 unspecified atom stereocenters. The Bertz CT molecular complexity index is 262. The van der Waals surface area contributed by atoms with Crippen LogP contribution in [0.15, 0.2) is 0 Å². The van der Waals surface area contributed by atoms with Crippen molar-refractivity contribution in [2.24, 2.45) is 0 Å². The average molecular weight is 203 g/mol. The van der Waals surface area contributed by atoms with Crippen LogP contribution in [0.4, 0.5) is 8.78 Å². The summed E-state index contributed by atoms with van der Waals surface area (Å²) in [5.74, 6) is -5.13. The van der Waals surface area contributed by atoms with Gasteiger partial charge in [0.15, 0.2) is 0 Å². The minimum atomic E-state index is -4.81. The number of aliphatic carboxylic acids is 1. The Hall–Kier alpha value is -0.760. The zero-order valence-electron chi connectivity index (χ0n) is 5.99. The summed E-state index contributed by atoms with van der Waals surface area (Å²) < 4.78 is 45.1. The number of halogens is 2. The van der Waals surface area contributed by atoms with Gasteiger partial charge in [0.1, 0.15) is 6.04 Å². The molecule has 0 aliphatic heterocycles. The Labute approximate surface area is 67.4 Å². The van der Waals surface area contributed by atoms with Gasteiger partial charge in [0.2, 0.25) is 0 Å². The molecule has 1 atom stereocenters. The molecule has 0 aliphatic rings. The maximum atomic E-state index is 11.6. The number of hydrogen-bond donors (Lipinski definition) is 2. The van der Waals surface area contributed by atoms with Crippen molar-refractivity contribution in [3.63, 3.8) is 0 Å². The number of hydrogen-bond acceptors (Lipinski definition) is 3. The Morgan fingerprint density at radius 3 is 2.17 bits per heavy atom. The fourth-order valence-corrected chi connectivity index (χ4v) is 1.04. The highest BCUT2D eigenvalue weighted by Crippen LogP contribution is 2.02. The van der Waals surface area contributed by atoms with E-state index in [1.807, 2.05) is 0 Å². The summed E-state index contributed by atoms with van der Waals surface area (Å²) in [6, 6.07) is -1.55. The highest BCUT2D eigenvalue weighted by molar-refractivity contribution is 7.89. The first-order valence-corrected chi connectivity index (χ1v) is 4.34. The van der Waals surface area contributed by atoms with Crippen LogP contribution in [0.1, 0.15) is 6.92 Å². The van der Waals surface area contributed by atoms with E-state index in [0.29, 0.717) is 0 Å². The number of nitrogens with one attached hydrogen (secondary N) is 1. The fraction of sp³-hybridized carbons (Fsp3) is 0.750. The van der Waals surface area contributed by atoms with Crippen LogP contribution in [0.5, 0.6) is 0 Å². The molecule has 0 amide bonds. The van der Waals surface area contributed by atoms with Crippen LogP contribution in [0.2, 0.25) is 0 Å². The van der Waals surface area contributed by atoms with E-state index in [1.54, 1.807) is 0 Å². The predicted octanol–water partition coefficient (Wildman–Crippen LogP) is -0.398. The number of rotatable bonds is 4. The standard InChI is InChI=1S/C4H7F2NO4S/c1-2(3(8)9)7-12(10,11)4(5)6/h2,4,7H,1H3,(H,8,9)/t2-/m0/s1. The SMILES string of the molecule is C[C@H](NS(=O)(=O)C(F)F)C(=O)O. The van der Waals surface area contributed by atoms with E-state index in [-0.39, 0.29) is 0 Å². The highest BCUT2D eigenvalue weighted by Gasteiger charge is 2.27. The maximum absolute atomic E-state index is 11.6. The van der Waals surface area contributed by atoms with Gasteiger partial charge in [-0.25, -0.2) is 8.42 Å². The Morgan fingerprint density at radius 2 is 1.92 bits per heavy atom. The smallest absolute Gasteiger partial charge is 0.350 e. The molecule has 0 aliphatic carbocycles. The van der Waals surface area contributed by atoms with Crippen LogP contribution in [0.25, 0.3) is 0 Å². The molecular weight excluding hydrogens is 196 g/mol. The number of alkyl halides is 2. The largest absolute Gasteiger partial charge is 0.480 e. The zero-order chi connectivity index (χ0) is 9.94. The minimum Gasteiger partial charge on any atom is -0.480 e. The summed E-state index contributed by atoms with van der Waals surface area (Å²) in [6.07, 6.45) is 0. The lowest BCUT2D eigenvalue weighted by Crippen LogP contribution is -2.41. The molecule has 0 bridgehead atoms. The average Bonchev–Trinajstić information content (AvgIpc) is 1.85. The first-order chi connectivity index (χ1) is 5.27. The second kappa shape index (κ2) is 3.76. The number of sulfonamides is 1. The highest BCUT2D eigenvalue weighted by atomic mass is 32.2. The van der Waals surface area contributed by atoms with E-state index in [4.69, 9.17) is 5.11 Å². The Balaban J connectivity index is 4.37. The molecule has 0 saturated carbocycles. The quantitative estimate of drug-likeness (QED) is 0.651. The molecule has 0 heterocycles. The van der Waals surface area contributed by atoms with Crippen LogP contribution in [-0.2, 0) is 14.8 Å². The molecule has 8 heteroatoms. The van der Waals surface area contributed by atoms with Gasteiger partial charge in [0.05, 0.1) is 0 Å². The third kappa shape index (κ3) is 3.09. The van der Waals surface area contributed by atoms with Crippen molar-refractivity contribution in [3.05, 3.63) is 0 Å². The summed E-state index contributed by atoms with van der Waals surface area (Å²) in [4.78, 5) is 10.0. The van der Waals surface area contributed by atoms with Gasteiger partial charge in [-0.1, -0.05) is 0 Å². The minimum absolute atomic E-state index is 0.947. The van der Waals surface area contributed by atoms with Crippen LogP contribution in [0.3, 0.4) is 0 Å². The zero-order valence-corrected chi connectivity index (χ0v) is 6.81. The van der Waals surface area contributed by atoms with Crippen molar-refractivity contribution in [1.29, 1.82) is 0 Å². The van der Waals surface area contributed by atoms with Crippen molar-refractivity contribution in [2.75, 3.05) is 0 Å². The summed E-state index contributed by atoms with van der Waals surface area (Å²) in [7, 11) is -4.81. The lowest BCUT2D eigenvalue weighted by Gasteiger charge is -2.08. The third-order valence-electron chi connectivity index (χ3n) is 0.946. The van der Waals surface area contributed by atoms with E-state index in [9.17, 15) is 22.0 Å². The molecule has 0 aromatic rings. The van der Waals surface area contributed by atoms with E-state index in [1.165, 1.54) is 4.72 Å². The third-order valence-corrected chi connectivity index (χ3v) is 2.10. The van der Waals surface area contributed by atoms with Gasteiger partial charge in [0.25, 0.3) is 10.0 Å². The predicted molar refractivity (Wildman–Crippen MR) is 35.2 cm³/mol. The van der Waals surface area contributed by atoms with Crippen LogP contribution in [-0.4, -0.2) is 31.3 Å². The summed E-state index contributed by atoms with van der Waals surface area (Å²) >= 11 is 0. The number of carbonyl (C=O) groups is 1. The van der Waals surface area contributed by atoms with Gasteiger partial charge in [-0.2, -0.15) is 13.5 Å². The second-order valence-electron chi connectivity index (χ2n) is 1.98. The monoisotopic (exact) mass is 203 g/mol. The lowest BCUT2D eigenvalue weighted by molar-refractivity contribution is -0.138. The van der Waals surface area contributed by atoms with Crippen LogP contribution in [0, 0.1) is 0 Å². The first kappa shape index (κ1) is 11.2. The van der Waals surface area contributed by atoms with Crippen LogP contribution >= 0.6 is 0 Å². The van der Waals surface area contributed by atoms with Crippen molar-refractivity contribution in [2.45, 2.75) is 18.7 Å². The Morgan fingerprint density at radius 1 is 1.50 bits per heavy atom. The van der Waals surface area contributed by atoms with E-state index in [0.717, 1.165) is 6.92 Å². The molecule has 72 valence electrons. The second-order valence-corrected chi connectivity index (χ2v) is 3.67. The summed E-state index contributed by atoms with van der Waals surface area (Å²) in [5.41, 5.74) is 0. The number of carboxylic acid groups (broad SMARTS) is 1. The van der Waals surface area contributed by atoms with Gasteiger partial charge in [0, 0.05) is 0 Å². The van der Waals surface area contributed by atoms with E-state index < -0.39 is 27.8 Å². The van der Waals surface area contributed by atoms with Gasteiger partial charge >= 0.3 is 11.7 Å². The molecule has 0 radical (unpaired) electrons. The van der Waals surface area contributed by atoms with Crippen LogP contribution < -0.4 is 4.72 Å². The topological polar surface area (TPSA) is 83.5 Å². The molecule has 0 spiro atoms. The van der Waals surface area contributed by atoms with Crippen molar-refractivity contribution in [1.82, 2.24) is 4.72 Å². The maximum Gasteiger partial charge on any atom is 0.350 e. The molecule has 0 aromatic carbocycles. The molecule has 2 N–H and O–H groups in total. The van der Waals surface area contributed by atoms with E-state index >= 15 is 0 Å². The van der Waals surface area contributed by atoms with Crippen molar-refractivity contribution in [3.8, 4) is 0 Å².